The zero-order valence-corrected chi connectivity index (χ0v) is 16.6. The third-order valence-corrected chi connectivity index (χ3v) is 4.12. The number of amides is 1. The Morgan fingerprint density at radius 1 is 1.00 bits per heavy atom. The molecule has 6 heteroatoms. The Morgan fingerprint density at radius 3 is 2.29 bits per heavy atom. The van der Waals surface area contributed by atoms with Crippen LogP contribution in [0, 0.1) is 6.92 Å². The van der Waals surface area contributed by atoms with Crippen LogP contribution in [0.4, 0.5) is 0 Å². The molecule has 28 heavy (non-hydrogen) atoms. The maximum Gasteiger partial charge on any atom is 0.306 e. The first-order chi connectivity index (χ1) is 13.5. The van der Waals surface area contributed by atoms with Crippen molar-refractivity contribution in [3.8, 4) is 11.5 Å². The molecule has 0 bridgehead atoms. The van der Waals surface area contributed by atoms with Crippen LogP contribution in [-0.2, 0) is 20.9 Å². The van der Waals surface area contributed by atoms with E-state index in [-0.39, 0.29) is 12.3 Å². The van der Waals surface area contributed by atoms with E-state index >= 15 is 0 Å². The molecule has 0 saturated heterocycles. The number of hydrogen-bond acceptors (Lipinski definition) is 5. The average molecular weight is 385 g/mol. The fourth-order valence-corrected chi connectivity index (χ4v) is 2.43. The standard InChI is InChI=1S/C22H27NO5/c1-16-6-10-20(11-7-16)27-14-4-5-21(24)28-17(2)22(25)23-15-18-8-12-19(26-3)13-9-18/h6-13,17H,4-5,14-15H2,1-3H3,(H,23,25)/t17-/m0/s1. The highest BCUT2D eigenvalue weighted by Gasteiger charge is 2.17. The summed E-state index contributed by atoms with van der Waals surface area (Å²) in [6.07, 6.45) is -0.127. The van der Waals surface area contributed by atoms with Crippen molar-refractivity contribution in [1.29, 1.82) is 0 Å². The smallest absolute Gasteiger partial charge is 0.306 e. The molecule has 2 aromatic rings. The van der Waals surface area contributed by atoms with Crippen LogP contribution >= 0.6 is 0 Å². The topological polar surface area (TPSA) is 73.9 Å². The second kappa shape index (κ2) is 11.0. The van der Waals surface area contributed by atoms with Crippen molar-refractivity contribution in [2.24, 2.45) is 0 Å². The van der Waals surface area contributed by atoms with E-state index in [1.54, 1.807) is 14.0 Å². The monoisotopic (exact) mass is 385 g/mol. The molecule has 0 radical (unpaired) electrons. The molecule has 0 heterocycles. The zero-order valence-electron chi connectivity index (χ0n) is 16.6. The summed E-state index contributed by atoms with van der Waals surface area (Å²) in [6.45, 7) is 4.34. The van der Waals surface area contributed by atoms with Gasteiger partial charge in [0.2, 0.25) is 0 Å². The fraction of sp³-hybridized carbons (Fsp3) is 0.364. The maximum atomic E-state index is 12.1. The van der Waals surface area contributed by atoms with E-state index in [1.807, 2.05) is 55.5 Å². The first-order valence-electron chi connectivity index (χ1n) is 9.27. The van der Waals surface area contributed by atoms with E-state index < -0.39 is 12.1 Å². The van der Waals surface area contributed by atoms with E-state index in [4.69, 9.17) is 14.2 Å². The van der Waals surface area contributed by atoms with Gasteiger partial charge in [0.1, 0.15) is 11.5 Å². The molecule has 0 fully saturated rings. The van der Waals surface area contributed by atoms with E-state index in [0.29, 0.717) is 19.6 Å². The van der Waals surface area contributed by atoms with Gasteiger partial charge in [-0.3, -0.25) is 9.59 Å². The molecule has 1 N–H and O–H groups in total. The van der Waals surface area contributed by atoms with Crippen molar-refractivity contribution >= 4 is 11.9 Å². The van der Waals surface area contributed by atoms with E-state index in [9.17, 15) is 9.59 Å². The average Bonchev–Trinajstić information content (AvgIpc) is 2.71. The second-order valence-electron chi connectivity index (χ2n) is 6.46. The summed E-state index contributed by atoms with van der Waals surface area (Å²) in [4.78, 5) is 24.0. The summed E-state index contributed by atoms with van der Waals surface area (Å²) >= 11 is 0. The molecule has 0 aromatic heterocycles. The summed E-state index contributed by atoms with van der Waals surface area (Å²) in [5, 5.41) is 2.75. The third kappa shape index (κ3) is 7.31. The second-order valence-corrected chi connectivity index (χ2v) is 6.46. The predicted molar refractivity (Wildman–Crippen MR) is 106 cm³/mol. The number of methoxy groups -OCH3 is 1. The number of hydrogen-bond donors (Lipinski definition) is 1. The van der Waals surface area contributed by atoms with Crippen LogP contribution in [0.25, 0.3) is 0 Å². The molecular formula is C22H27NO5. The minimum absolute atomic E-state index is 0.196. The largest absolute Gasteiger partial charge is 0.497 e. The van der Waals surface area contributed by atoms with Gasteiger partial charge in [0.15, 0.2) is 6.10 Å². The number of ether oxygens (including phenoxy) is 3. The number of carbonyl (C=O) groups is 2. The Kier molecular flexibility index (Phi) is 8.34. The third-order valence-electron chi connectivity index (χ3n) is 4.12. The Morgan fingerprint density at radius 2 is 1.64 bits per heavy atom. The van der Waals surface area contributed by atoms with Crippen LogP contribution in [0.15, 0.2) is 48.5 Å². The molecule has 2 rings (SSSR count). The first kappa shape index (κ1) is 21.3. The molecule has 2 aromatic carbocycles. The lowest BCUT2D eigenvalue weighted by Gasteiger charge is -2.14. The molecular weight excluding hydrogens is 358 g/mol. The molecule has 0 aliphatic heterocycles. The van der Waals surface area contributed by atoms with Crippen molar-refractivity contribution in [2.75, 3.05) is 13.7 Å². The lowest BCUT2D eigenvalue weighted by molar-refractivity contribution is -0.155. The molecule has 0 unspecified atom stereocenters. The van der Waals surface area contributed by atoms with Gasteiger partial charge in [0.05, 0.1) is 13.7 Å². The van der Waals surface area contributed by atoms with Gasteiger partial charge in [0, 0.05) is 13.0 Å². The van der Waals surface area contributed by atoms with Crippen molar-refractivity contribution < 1.29 is 23.8 Å². The lowest BCUT2D eigenvalue weighted by Crippen LogP contribution is -2.35. The molecule has 0 saturated carbocycles. The Labute approximate surface area is 165 Å². The van der Waals surface area contributed by atoms with E-state index in [0.717, 1.165) is 22.6 Å². The first-order valence-corrected chi connectivity index (χ1v) is 9.27. The predicted octanol–water partition coefficient (Wildman–Crippen LogP) is 3.41. The van der Waals surface area contributed by atoms with E-state index in [1.165, 1.54) is 0 Å². The Hall–Kier alpha value is -3.02. The summed E-state index contributed by atoms with van der Waals surface area (Å²) < 4.78 is 15.8. The van der Waals surface area contributed by atoms with Gasteiger partial charge < -0.3 is 19.5 Å². The highest BCUT2D eigenvalue weighted by atomic mass is 16.5. The van der Waals surface area contributed by atoms with Crippen LogP contribution in [0.5, 0.6) is 11.5 Å². The van der Waals surface area contributed by atoms with Crippen molar-refractivity contribution in [3.63, 3.8) is 0 Å². The minimum Gasteiger partial charge on any atom is -0.497 e. The Balaban J connectivity index is 1.63. The highest BCUT2D eigenvalue weighted by molar-refractivity contribution is 5.83. The van der Waals surface area contributed by atoms with Crippen molar-refractivity contribution in [3.05, 3.63) is 59.7 Å². The van der Waals surface area contributed by atoms with Crippen LogP contribution < -0.4 is 14.8 Å². The zero-order chi connectivity index (χ0) is 20.4. The van der Waals surface area contributed by atoms with Crippen molar-refractivity contribution in [2.45, 2.75) is 39.3 Å². The van der Waals surface area contributed by atoms with Gasteiger partial charge in [-0.05, 0) is 50.1 Å². The number of aryl methyl sites for hydroxylation is 1. The van der Waals surface area contributed by atoms with Gasteiger partial charge in [-0.1, -0.05) is 29.8 Å². The fourth-order valence-electron chi connectivity index (χ4n) is 2.43. The normalized spacial score (nSPS) is 11.4. The van der Waals surface area contributed by atoms with Crippen LogP contribution in [0.3, 0.4) is 0 Å². The van der Waals surface area contributed by atoms with Gasteiger partial charge in [-0.2, -0.15) is 0 Å². The number of esters is 1. The molecule has 6 nitrogen and oxygen atoms in total. The number of rotatable bonds is 10. The summed E-state index contributed by atoms with van der Waals surface area (Å²) in [7, 11) is 1.60. The number of nitrogens with one attached hydrogen (secondary N) is 1. The quantitative estimate of drug-likeness (QED) is 0.501. The van der Waals surface area contributed by atoms with Gasteiger partial charge in [-0.15, -0.1) is 0 Å². The summed E-state index contributed by atoms with van der Waals surface area (Å²) in [5.41, 5.74) is 2.09. The molecule has 1 amide bonds. The van der Waals surface area contributed by atoms with Crippen LogP contribution in [-0.4, -0.2) is 31.7 Å². The number of carbonyl (C=O) groups excluding carboxylic acids is 2. The molecule has 150 valence electrons. The summed E-state index contributed by atoms with van der Waals surface area (Å²) in [6, 6.07) is 15.1. The van der Waals surface area contributed by atoms with E-state index in [2.05, 4.69) is 5.32 Å². The van der Waals surface area contributed by atoms with Gasteiger partial charge in [0.25, 0.3) is 5.91 Å². The molecule has 1 atom stereocenters. The molecule has 0 aliphatic carbocycles. The summed E-state index contributed by atoms with van der Waals surface area (Å²) in [5.74, 6) is 0.772. The van der Waals surface area contributed by atoms with Gasteiger partial charge in [-0.25, -0.2) is 0 Å². The Bertz CT molecular complexity index is 756. The minimum atomic E-state index is -0.844. The molecule has 0 spiro atoms. The lowest BCUT2D eigenvalue weighted by atomic mass is 10.2. The molecule has 0 aliphatic rings. The number of benzene rings is 2. The van der Waals surface area contributed by atoms with Crippen LogP contribution in [0.1, 0.15) is 30.9 Å². The SMILES string of the molecule is COc1ccc(CNC(=O)[C@H](C)OC(=O)CCCOc2ccc(C)cc2)cc1. The van der Waals surface area contributed by atoms with Crippen LogP contribution in [0.2, 0.25) is 0 Å². The maximum absolute atomic E-state index is 12.1. The van der Waals surface area contributed by atoms with Crippen molar-refractivity contribution in [1.82, 2.24) is 5.32 Å². The van der Waals surface area contributed by atoms with Gasteiger partial charge >= 0.3 is 5.97 Å². The highest BCUT2D eigenvalue weighted by Crippen LogP contribution is 2.12.